The summed E-state index contributed by atoms with van der Waals surface area (Å²) in [6, 6.07) is 17.9. The topological polar surface area (TPSA) is 62.4 Å². The molecule has 0 fully saturated rings. The number of ether oxygens (including phenoxy) is 1. The van der Waals surface area contributed by atoms with Gasteiger partial charge in [-0.05, 0) is 53.5 Å². The van der Waals surface area contributed by atoms with E-state index in [1.54, 1.807) is 7.11 Å². The molecule has 170 valence electrons. The molecular weight excluding hydrogens is 469 g/mol. The molecule has 2 atom stereocenters. The lowest BCUT2D eigenvalue weighted by Gasteiger charge is -2.44. The third kappa shape index (κ3) is 3.92. The third-order valence-corrected chi connectivity index (χ3v) is 10.1. The summed E-state index contributed by atoms with van der Waals surface area (Å²) < 4.78 is 5.30. The molecule has 0 radical (unpaired) electrons. The molecule has 0 bridgehead atoms. The molecule has 2 heterocycles. The fourth-order valence-electron chi connectivity index (χ4n) is 4.91. The number of dihydropyridines is 1. The van der Waals surface area contributed by atoms with Gasteiger partial charge in [-0.2, -0.15) is 0 Å². The maximum Gasteiger partial charge on any atom is 0.162 e. The SMILES string of the molecule is COc1ccc(P2(=S)NC(=S)C3=C(NC4=C(C(=O)CC(C)(C)C4)C3c3ccccc3)N2)cc1. The summed E-state index contributed by atoms with van der Waals surface area (Å²) in [5.41, 5.74) is 3.63. The number of carbonyl (C=O) groups excluding carboxylic acids is 1. The number of thiocarbonyl (C=S) groups is 1. The summed E-state index contributed by atoms with van der Waals surface area (Å²) in [6.07, 6.45) is -1.13. The van der Waals surface area contributed by atoms with Crippen molar-refractivity contribution >= 4 is 46.4 Å². The molecule has 5 rings (SSSR count). The maximum atomic E-state index is 13.4. The zero-order chi connectivity index (χ0) is 23.4. The molecule has 2 aromatic carbocycles. The van der Waals surface area contributed by atoms with Gasteiger partial charge in [-0.25, -0.2) is 0 Å². The van der Waals surface area contributed by atoms with Crippen molar-refractivity contribution in [1.82, 2.24) is 15.5 Å². The number of carbonyl (C=O) groups is 1. The first-order valence-corrected chi connectivity index (χ1v) is 14.1. The third-order valence-electron chi connectivity index (χ3n) is 6.38. The Bertz CT molecular complexity index is 1270. The predicted molar refractivity (Wildman–Crippen MR) is 140 cm³/mol. The fourth-order valence-corrected chi connectivity index (χ4v) is 8.41. The molecule has 0 saturated carbocycles. The number of allylic oxidation sites excluding steroid dienone is 2. The highest BCUT2D eigenvalue weighted by Gasteiger charge is 2.45. The highest BCUT2D eigenvalue weighted by atomic mass is 32.4. The molecule has 8 heteroatoms. The van der Waals surface area contributed by atoms with E-state index in [1.807, 2.05) is 42.5 Å². The van der Waals surface area contributed by atoms with Crippen LogP contribution in [0.1, 0.15) is 38.2 Å². The second kappa shape index (κ2) is 8.08. The van der Waals surface area contributed by atoms with Crippen LogP contribution in [0, 0.1) is 5.41 Å². The molecule has 3 N–H and O–H groups in total. The van der Waals surface area contributed by atoms with Gasteiger partial charge in [-0.3, -0.25) is 4.79 Å². The minimum atomic E-state index is -2.45. The van der Waals surface area contributed by atoms with E-state index in [-0.39, 0.29) is 17.1 Å². The van der Waals surface area contributed by atoms with E-state index in [0.717, 1.165) is 45.7 Å². The Labute approximate surface area is 204 Å². The molecule has 33 heavy (non-hydrogen) atoms. The van der Waals surface area contributed by atoms with E-state index in [2.05, 4.69) is 41.5 Å². The van der Waals surface area contributed by atoms with Crippen LogP contribution in [0.5, 0.6) is 5.75 Å². The lowest BCUT2D eigenvalue weighted by Crippen LogP contribution is -2.48. The van der Waals surface area contributed by atoms with Gasteiger partial charge in [0.1, 0.15) is 22.9 Å². The van der Waals surface area contributed by atoms with E-state index in [9.17, 15) is 4.79 Å². The molecule has 5 nitrogen and oxygen atoms in total. The van der Waals surface area contributed by atoms with Gasteiger partial charge in [-0.15, -0.1) is 0 Å². The molecule has 2 unspecified atom stereocenters. The summed E-state index contributed by atoms with van der Waals surface area (Å²) in [6.45, 7) is 4.28. The van der Waals surface area contributed by atoms with E-state index in [4.69, 9.17) is 28.8 Å². The van der Waals surface area contributed by atoms with Crippen LogP contribution in [0.3, 0.4) is 0 Å². The Morgan fingerprint density at radius 1 is 1.00 bits per heavy atom. The number of Topliss-reactive ketones (excluding diaryl/α,β-unsaturated/α-hetero) is 1. The number of methoxy groups -OCH3 is 1. The smallest absolute Gasteiger partial charge is 0.162 e. The molecule has 0 aromatic heterocycles. The normalized spacial score (nSPS) is 26.0. The van der Waals surface area contributed by atoms with Crippen LogP contribution in [-0.2, 0) is 16.6 Å². The molecule has 0 amide bonds. The van der Waals surface area contributed by atoms with Crippen molar-refractivity contribution in [2.75, 3.05) is 7.11 Å². The van der Waals surface area contributed by atoms with Crippen LogP contribution in [0.2, 0.25) is 0 Å². The monoisotopic (exact) mass is 495 g/mol. The first kappa shape index (κ1) is 22.3. The summed E-state index contributed by atoms with van der Waals surface area (Å²) >= 11 is 12.0. The highest BCUT2D eigenvalue weighted by Crippen LogP contribution is 2.50. The van der Waals surface area contributed by atoms with Crippen LogP contribution < -0.4 is 25.5 Å². The predicted octanol–water partition coefficient (Wildman–Crippen LogP) is 4.39. The van der Waals surface area contributed by atoms with Gasteiger partial charge >= 0.3 is 0 Å². The number of rotatable bonds is 3. The van der Waals surface area contributed by atoms with Crippen molar-refractivity contribution in [3.8, 4) is 5.75 Å². The molecular formula is C25H26N3O2PS2. The van der Waals surface area contributed by atoms with Crippen LogP contribution in [0.4, 0.5) is 0 Å². The first-order valence-electron chi connectivity index (χ1n) is 10.9. The summed E-state index contributed by atoms with van der Waals surface area (Å²) in [4.78, 5) is 14.0. The van der Waals surface area contributed by atoms with Crippen molar-refractivity contribution in [2.24, 2.45) is 5.41 Å². The van der Waals surface area contributed by atoms with Gasteiger partial charge in [0, 0.05) is 34.5 Å². The Balaban J connectivity index is 1.62. The maximum absolute atomic E-state index is 13.4. The summed E-state index contributed by atoms with van der Waals surface area (Å²) in [7, 11) is 1.64. The second-order valence-electron chi connectivity index (χ2n) is 9.45. The lowest BCUT2D eigenvalue weighted by molar-refractivity contribution is -0.118. The van der Waals surface area contributed by atoms with Crippen LogP contribution in [0.15, 0.2) is 77.3 Å². The number of hydrogen-bond acceptors (Lipinski definition) is 5. The van der Waals surface area contributed by atoms with Crippen molar-refractivity contribution in [3.63, 3.8) is 0 Å². The molecule has 1 aliphatic carbocycles. The summed E-state index contributed by atoms with van der Waals surface area (Å²) in [5, 5.41) is 11.6. The molecule has 3 aliphatic rings. The molecule has 2 aliphatic heterocycles. The van der Waals surface area contributed by atoms with Gasteiger partial charge in [0.25, 0.3) is 0 Å². The van der Waals surface area contributed by atoms with Gasteiger partial charge < -0.3 is 20.2 Å². The van der Waals surface area contributed by atoms with Gasteiger partial charge in [0.15, 0.2) is 5.78 Å². The number of benzene rings is 2. The second-order valence-corrected chi connectivity index (χ2v) is 13.7. The molecule has 0 spiro atoms. The number of hydrogen-bond donors (Lipinski definition) is 3. The van der Waals surface area contributed by atoms with Crippen LogP contribution in [0.25, 0.3) is 0 Å². The van der Waals surface area contributed by atoms with Crippen molar-refractivity contribution in [3.05, 3.63) is 82.8 Å². The molecule has 2 aromatic rings. The van der Waals surface area contributed by atoms with Crippen molar-refractivity contribution < 1.29 is 9.53 Å². The van der Waals surface area contributed by atoms with E-state index in [0.29, 0.717) is 11.4 Å². The van der Waals surface area contributed by atoms with E-state index < -0.39 is 6.34 Å². The van der Waals surface area contributed by atoms with Crippen molar-refractivity contribution in [2.45, 2.75) is 32.6 Å². The Kier molecular flexibility index (Phi) is 5.47. The average Bonchev–Trinajstić information content (AvgIpc) is 2.77. The highest BCUT2D eigenvalue weighted by molar-refractivity contribution is 8.17. The van der Waals surface area contributed by atoms with Gasteiger partial charge in [0.2, 0.25) is 0 Å². The standard InChI is InChI=1S/C25H26N3O2PS2/c1-25(2)13-18-21(19(29)14-25)20(15-7-5-4-6-8-15)22-23(26-18)27-31(33,28-24(22)32)17-11-9-16(30-3)10-12-17/h4-12,20H,13-14H2,1-3H3,(H3,26,27,28,32,33). The van der Waals surface area contributed by atoms with Crippen LogP contribution in [-0.4, -0.2) is 17.9 Å². The van der Waals surface area contributed by atoms with E-state index >= 15 is 0 Å². The van der Waals surface area contributed by atoms with Gasteiger partial charge in [0.05, 0.1) is 7.11 Å². The van der Waals surface area contributed by atoms with Crippen molar-refractivity contribution in [1.29, 1.82) is 0 Å². The number of nitrogens with one attached hydrogen (secondary N) is 3. The Hall–Kier alpha value is -2.47. The van der Waals surface area contributed by atoms with E-state index in [1.165, 1.54) is 0 Å². The quantitative estimate of drug-likeness (QED) is 0.431. The molecule has 0 saturated heterocycles. The minimum absolute atomic E-state index is 0.105. The largest absolute Gasteiger partial charge is 0.497 e. The number of ketones is 1. The lowest BCUT2D eigenvalue weighted by atomic mass is 9.69. The fraction of sp³-hybridized carbons (Fsp3) is 0.280. The zero-order valence-electron chi connectivity index (χ0n) is 18.8. The summed E-state index contributed by atoms with van der Waals surface area (Å²) in [5.74, 6) is 1.54. The Morgan fingerprint density at radius 3 is 2.36 bits per heavy atom. The average molecular weight is 496 g/mol. The van der Waals surface area contributed by atoms with Crippen LogP contribution >= 0.6 is 18.6 Å². The zero-order valence-corrected chi connectivity index (χ0v) is 21.3. The van der Waals surface area contributed by atoms with Gasteiger partial charge in [-0.1, -0.05) is 56.4 Å². The minimum Gasteiger partial charge on any atom is -0.497 e. The Morgan fingerprint density at radius 2 is 1.70 bits per heavy atom. The first-order chi connectivity index (χ1) is 15.7.